The molecular weight excluding hydrogens is 234 g/mol. The van der Waals surface area contributed by atoms with Crippen LogP contribution in [0, 0.1) is 5.92 Å². The summed E-state index contributed by atoms with van der Waals surface area (Å²) in [5.74, 6) is 0.670. The van der Waals surface area contributed by atoms with Crippen LogP contribution >= 0.6 is 0 Å². The largest absolute Gasteiger partial charge is 0.381 e. The van der Waals surface area contributed by atoms with Gasteiger partial charge in [0.15, 0.2) is 0 Å². The summed E-state index contributed by atoms with van der Waals surface area (Å²) in [4.78, 5) is 0. The van der Waals surface area contributed by atoms with Crippen LogP contribution in [0.5, 0.6) is 0 Å². The zero-order valence-corrected chi connectivity index (χ0v) is 12.5. The lowest BCUT2D eigenvalue weighted by molar-refractivity contribution is 0.117. The fourth-order valence-electron chi connectivity index (χ4n) is 2.17. The van der Waals surface area contributed by atoms with Crippen LogP contribution in [0.15, 0.2) is 30.3 Å². The zero-order valence-electron chi connectivity index (χ0n) is 12.5. The van der Waals surface area contributed by atoms with E-state index in [1.165, 1.54) is 18.4 Å². The molecule has 19 heavy (non-hydrogen) atoms. The Kier molecular flexibility index (Phi) is 9.38. The Morgan fingerprint density at radius 2 is 1.89 bits per heavy atom. The molecule has 2 heteroatoms. The van der Waals surface area contributed by atoms with Gasteiger partial charge in [-0.25, -0.2) is 0 Å². The van der Waals surface area contributed by atoms with Gasteiger partial charge >= 0.3 is 0 Å². The quantitative estimate of drug-likeness (QED) is 0.615. The molecule has 2 nitrogen and oxygen atoms in total. The van der Waals surface area contributed by atoms with E-state index in [1.807, 2.05) is 0 Å². The third-order valence-corrected chi connectivity index (χ3v) is 3.36. The Morgan fingerprint density at radius 1 is 1.11 bits per heavy atom. The molecule has 1 rings (SSSR count). The third kappa shape index (κ3) is 8.02. The van der Waals surface area contributed by atoms with E-state index in [9.17, 15) is 0 Å². The molecule has 0 aromatic heterocycles. The molecule has 0 spiro atoms. The summed E-state index contributed by atoms with van der Waals surface area (Å²) < 4.78 is 5.69. The van der Waals surface area contributed by atoms with E-state index >= 15 is 0 Å². The van der Waals surface area contributed by atoms with Crippen molar-refractivity contribution in [1.82, 2.24) is 5.32 Å². The summed E-state index contributed by atoms with van der Waals surface area (Å²) in [7, 11) is 0. The maximum atomic E-state index is 5.69. The summed E-state index contributed by atoms with van der Waals surface area (Å²) in [6.45, 7) is 8.30. The number of nitrogens with one attached hydrogen (secondary N) is 1. The molecule has 0 aliphatic carbocycles. The van der Waals surface area contributed by atoms with E-state index < -0.39 is 0 Å². The van der Waals surface area contributed by atoms with Gasteiger partial charge in [-0.3, -0.25) is 0 Å². The smallest absolute Gasteiger partial charge is 0.0469 e. The number of rotatable bonds is 11. The summed E-state index contributed by atoms with van der Waals surface area (Å²) in [5, 5.41) is 3.47. The highest BCUT2D eigenvalue weighted by atomic mass is 16.5. The summed E-state index contributed by atoms with van der Waals surface area (Å²) >= 11 is 0. The topological polar surface area (TPSA) is 21.3 Å². The van der Waals surface area contributed by atoms with Gasteiger partial charge in [0.2, 0.25) is 0 Å². The van der Waals surface area contributed by atoms with Gasteiger partial charge in [0.1, 0.15) is 0 Å². The van der Waals surface area contributed by atoms with E-state index in [1.54, 1.807) is 0 Å². The normalized spacial score (nSPS) is 12.5. The number of unbranched alkanes of at least 4 members (excludes halogenated alkanes) is 1. The highest BCUT2D eigenvalue weighted by Crippen LogP contribution is 2.12. The average Bonchev–Trinajstić information content (AvgIpc) is 2.45. The molecule has 1 unspecified atom stereocenters. The second-order valence-corrected chi connectivity index (χ2v) is 5.12. The van der Waals surface area contributed by atoms with Gasteiger partial charge in [0.25, 0.3) is 0 Å². The molecule has 0 aliphatic rings. The van der Waals surface area contributed by atoms with E-state index in [0.29, 0.717) is 5.92 Å². The van der Waals surface area contributed by atoms with Crippen molar-refractivity contribution in [1.29, 1.82) is 0 Å². The zero-order chi connectivity index (χ0) is 13.8. The van der Waals surface area contributed by atoms with Crippen LogP contribution in [0.2, 0.25) is 0 Å². The van der Waals surface area contributed by atoms with Gasteiger partial charge in [-0.1, -0.05) is 50.6 Å². The summed E-state index contributed by atoms with van der Waals surface area (Å²) in [6, 6.07) is 10.8. The van der Waals surface area contributed by atoms with Gasteiger partial charge < -0.3 is 10.1 Å². The summed E-state index contributed by atoms with van der Waals surface area (Å²) in [6.07, 6.45) is 4.68. The number of benzene rings is 1. The first-order valence-electron chi connectivity index (χ1n) is 7.69. The van der Waals surface area contributed by atoms with Crippen LogP contribution in [0.1, 0.15) is 38.7 Å². The lowest BCUT2D eigenvalue weighted by Crippen LogP contribution is -2.25. The number of hydrogen-bond donors (Lipinski definition) is 1. The molecule has 1 aromatic carbocycles. The van der Waals surface area contributed by atoms with Crippen LogP contribution in [0.25, 0.3) is 0 Å². The van der Waals surface area contributed by atoms with Crippen LogP contribution in [-0.2, 0) is 11.2 Å². The van der Waals surface area contributed by atoms with Crippen molar-refractivity contribution in [3.8, 4) is 0 Å². The molecular formula is C17H29NO. The fraction of sp³-hybridized carbons (Fsp3) is 0.647. The Morgan fingerprint density at radius 3 is 2.58 bits per heavy atom. The first-order valence-corrected chi connectivity index (χ1v) is 7.69. The fourth-order valence-corrected chi connectivity index (χ4v) is 2.17. The molecule has 0 fully saturated rings. The molecule has 0 amide bonds. The predicted molar refractivity (Wildman–Crippen MR) is 82.5 cm³/mol. The number of hydrogen-bond acceptors (Lipinski definition) is 2. The lowest BCUT2D eigenvalue weighted by atomic mass is 9.96. The summed E-state index contributed by atoms with van der Waals surface area (Å²) in [5.41, 5.74) is 1.43. The first kappa shape index (κ1) is 16.2. The number of ether oxygens (including phenoxy) is 1. The van der Waals surface area contributed by atoms with Gasteiger partial charge in [0.05, 0.1) is 0 Å². The molecule has 0 bridgehead atoms. The molecule has 0 radical (unpaired) electrons. The van der Waals surface area contributed by atoms with Crippen molar-refractivity contribution >= 4 is 0 Å². The van der Waals surface area contributed by atoms with Crippen LogP contribution in [0.3, 0.4) is 0 Å². The molecule has 108 valence electrons. The molecule has 1 N–H and O–H groups in total. The Hall–Kier alpha value is -0.860. The monoisotopic (exact) mass is 263 g/mol. The highest BCUT2D eigenvalue weighted by molar-refractivity contribution is 5.15. The second kappa shape index (κ2) is 11.0. The minimum absolute atomic E-state index is 0.670. The van der Waals surface area contributed by atoms with Crippen molar-refractivity contribution in [2.24, 2.45) is 5.92 Å². The third-order valence-electron chi connectivity index (χ3n) is 3.36. The van der Waals surface area contributed by atoms with Gasteiger partial charge in [-0.15, -0.1) is 0 Å². The highest BCUT2D eigenvalue weighted by Gasteiger charge is 2.09. The second-order valence-electron chi connectivity index (χ2n) is 5.12. The molecule has 1 atom stereocenters. The van der Waals surface area contributed by atoms with Crippen LogP contribution in [-0.4, -0.2) is 26.3 Å². The maximum Gasteiger partial charge on any atom is 0.0469 e. The minimum atomic E-state index is 0.670. The minimum Gasteiger partial charge on any atom is -0.381 e. The van der Waals surface area contributed by atoms with Crippen molar-refractivity contribution in [2.45, 2.75) is 39.5 Å². The lowest BCUT2D eigenvalue weighted by Gasteiger charge is -2.17. The molecule has 0 saturated carbocycles. The molecule has 1 aromatic rings. The SMILES string of the molecule is CCCCOCCC(CNCC)Cc1ccccc1. The predicted octanol–water partition coefficient (Wildman–Crippen LogP) is 3.66. The Bertz CT molecular complexity index is 299. The van der Waals surface area contributed by atoms with Crippen molar-refractivity contribution in [2.75, 3.05) is 26.3 Å². The van der Waals surface area contributed by atoms with Gasteiger partial charge in [-0.05, 0) is 43.8 Å². The van der Waals surface area contributed by atoms with Crippen molar-refractivity contribution < 1.29 is 4.74 Å². The Labute approximate surface area is 118 Å². The average molecular weight is 263 g/mol. The first-order chi connectivity index (χ1) is 9.36. The molecule has 0 heterocycles. The maximum absolute atomic E-state index is 5.69. The Balaban J connectivity index is 2.30. The van der Waals surface area contributed by atoms with E-state index in [0.717, 1.165) is 39.1 Å². The van der Waals surface area contributed by atoms with Gasteiger partial charge in [-0.2, -0.15) is 0 Å². The van der Waals surface area contributed by atoms with E-state index in [2.05, 4.69) is 49.5 Å². The van der Waals surface area contributed by atoms with Crippen LogP contribution in [0.4, 0.5) is 0 Å². The van der Waals surface area contributed by atoms with Crippen molar-refractivity contribution in [3.05, 3.63) is 35.9 Å². The van der Waals surface area contributed by atoms with Crippen molar-refractivity contribution in [3.63, 3.8) is 0 Å². The van der Waals surface area contributed by atoms with Crippen LogP contribution < -0.4 is 5.32 Å². The van der Waals surface area contributed by atoms with E-state index in [-0.39, 0.29) is 0 Å². The standard InChI is InChI=1S/C17H29NO/c1-3-5-12-19-13-11-17(15-18-4-2)14-16-9-7-6-8-10-16/h6-10,17-18H,3-5,11-15H2,1-2H3. The van der Waals surface area contributed by atoms with E-state index in [4.69, 9.17) is 4.74 Å². The van der Waals surface area contributed by atoms with Gasteiger partial charge in [0, 0.05) is 13.2 Å². The molecule has 0 aliphatic heterocycles. The molecule has 0 saturated heterocycles.